The molecule has 1 rings (SSSR count). The molecular weight excluding hydrogens is 317 g/mol. The van der Waals surface area contributed by atoms with E-state index in [1.54, 1.807) is 0 Å². The second-order valence-corrected chi connectivity index (χ2v) is 5.39. The molecule has 0 amide bonds. The average Bonchev–Trinajstić information content (AvgIpc) is 2.52. The van der Waals surface area contributed by atoms with Gasteiger partial charge in [-0.2, -0.15) is 0 Å². The minimum Gasteiger partial charge on any atom is -0.372 e. The lowest BCUT2D eigenvalue weighted by atomic mass is 9.89. The molecule has 0 spiro atoms. The van der Waals surface area contributed by atoms with Gasteiger partial charge in [0, 0.05) is 20.4 Å². The van der Waals surface area contributed by atoms with E-state index in [0.717, 1.165) is 5.57 Å². The molecule has 0 saturated carbocycles. The summed E-state index contributed by atoms with van der Waals surface area (Å²) in [6.45, 7) is 12.2. The summed E-state index contributed by atoms with van der Waals surface area (Å²) in [7, 11) is 3.89. The van der Waals surface area contributed by atoms with Gasteiger partial charge in [0.15, 0.2) is 0 Å². The summed E-state index contributed by atoms with van der Waals surface area (Å²) in [5, 5.41) is 10.3. The highest BCUT2D eigenvalue weighted by Crippen LogP contribution is 2.18. The van der Waals surface area contributed by atoms with Crippen molar-refractivity contribution in [2.45, 2.75) is 60.7 Å². The summed E-state index contributed by atoms with van der Waals surface area (Å²) in [4.78, 5) is 1.98. The molecule has 154 valence electrons. The molecule has 0 aromatic rings. The molecule has 0 radical (unpaired) electrons. The van der Waals surface area contributed by atoms with Crippen LogP contribution in [0.3, 0.4) is 0 Å². The zero-order valence-electron chi connectivity index (χ0n) is 15.5. The second-order valence-electron chi connectivity index (χ2n) is 5.39. The maximum Gasteiger partial charge on any atom is 0.0979 e. The smallest absolute Gasteiger partial charge is 0.0979 e. The normalized spacial score (nSPS) is 16.8. The zero-order valence-corrected chi connectivity index (χ0v) is 15.5. The Morgan fingerprint density at radius 2 is 1.92 bits per heavy atom. The number of nitrogens with one attached hydrogen (secondary N) is 2. The first kappa shape index (κ1) is 34.8. The predicted molar refractivity (Wildman–Crippen MR) is 117 cm³/mol. The Morgan fingerprint density at radius 1 is 1.44 bits per heavy atom. The van der Waals surface area contributed by atoms with Gasteiger partial charge in [-0.1, -0.05) is 53.0 Å². The minimum atomic E-state index is -0.602. The van der Waals surface area contributed by atoms with Gasteiger partial charge in [0.25, 0.3) is 0 Å². The van der Waals surface area contributed by atoms with E-state index in [1.807, 2.05) is 65.0 Å². The molecule has 1 aliphatic heterocycles. The Hall–Kier alpha value is -1.50. The number of hydrogen-bond donors (Lipinski definition) is 4. The Kier molecular flexibility index (Phi) is 26.2. The quantitative estimate of drug-likeness (QED) is 0.425. The largest absolute Gasteiger partial charge is 0.372 e. The number of nitrogens with zero attached hydrogens (tertiary/aromatic N) is 1. The zero-order chi connectivity index (χ0) is 17.8. The van der Waals surface area contributed by atoms with Crippen LogP contribution in [0.1, 0.15) is 50.4 Å². The monoisotopic (exact) mass is 363 g/mol. The van der Waals surface area contributed by atoms with Gasteiger partial charge in [-0.25, -0.2) is 0 Å². The predicted octanol–water partition coefficient (Wildman–Crippen LogP) is 3.89. The van der Waals surface area contributed by atoms with E-state index in [1.165, 1.54) is 11.8 Å². The number of nitrogens with two attached hydrogens (primary N) is 2. The first-order chi connectivity index (χ1) is 10.3. The Balaban J connectivity index is -0.0000000729. The first-order valence-corrected chi connectivity index (χ1v) is 7.69. The van der Waals surface area contributed by atoms with Crippen molar-refractivity contribution < 1.29 is 6.13 Å². The minimum absolute atomic E-state index is 0. The van der Waals surface area contributed by atoms with Gasteiger partial charge in [0.1, 0.15) is 0 Å². The van der Waals surface area contributed by atoms with Gasteiger partial charge >= 0.3 is 0 Å². The molecule has 0 aromatic heterocycles. The molecule has 0 bridgehead atoms. The third-order valence-corrected chi connectivity index (χ3v) is 3.06. The fourth-order valence-corrected chi connectivity index (χ4v) is 1.70. The van der Waals surface area contributed by atoms with E-state index < -0.39 is 5.54 Å². The second kappa shape index (κ2) is 18.8. The highest BCUT2D eigenvalue weighted by molar-refractivity contribution is 5.68. The summed E-state index contributed by atoms with van der Waals surface area (Å²) in [5.74, 6) is 0. The van der Waals surface area contributed by atoms with Gasteiger partial charge in [-0.05, 0) is 39.9 Å². The van der Waals surface area contributed by atoms with Gasteiger partial charge in [-0.3, -0.25) is 4.70 Å². The molecule has 1 aliphatic rings. The van der Waals surface area contributed by atoms with Gasteiger partial charge in [0.05, 0.1) is 11.7 Å². The number of rotatable bonds is 6. The van der Waals surface area contributed by atoms with Crippen molar-refractivity contribution in [3.8, 4) is 0 Å². The molecule has 1 heterocycles. The molecule has 0 aliphatic carbocycles. The maximum atomic E-state index is 7.34. The van der Waals surface area contributed by atoms with Crippen molar-refractivity contribution in [3.63, 3.8) is 0 Å². The molecule has 6 N–H and O–H groups in total. The lowest BCUT2D eigenvalue weighted by Crippen LogP contribution is -2.54. The molecule has 2 atom stereocenters. The fourth-order valence-electron chi connectivity index (χ4n) is 1.70. The summed E-state index contributed by atoms with van der Waals surface area (Å²) >= 11 is 0. The maximum absolute atomic E-state index is 7.34. The molecular formula is C19H46FN5. The molecule has 0 saturated heterocycles. The summed E-state index contributed by atoms with van der Waals surface area (Å²) in [6, 6.07) is 0. The van der Waals surface area contributed by atoms with E-state index in [4.69, 9.17) is 16.9 Å². The summed E-state index contributed by atoms with van der Waals surface area (Å²) in [6.07, 6.45) is 7.58. The highest BCUT2D eigenvalue weighted by atomic mass is 19.0. The lowest BCUT2D eigenvalue weighted by molar-refractivity contribution is 0.332. The van der Waals surface area contributed by atoms with Crippen molar-refractivity contribution in [2.75, 3.05) is 20.6 Å². The van der Waals surface area contributed by atoms with Crippen LogP contribution in [0, 0.1) is 5.41 Å². The third kappa shape index (κ3) is 15.8. The summed E-state index contributed by atoms with van der Waals surface area (Å²) < 4.78 is 0. The average molecular weight is 364 g/mol. The van der Waals surface area contributed by atoms with Crippen LogP contribution in [0.2, 0.25) is 0 Å². The van der Waals surface area contributed by atoms with Gasteiger partial charge in [-0.15, -0.1) is 0 Å². The fraction of sp³-hybridized carbons (Fsp3) is 0.632. The van der Waals surface area contributed by atoms with E-state index in [9.17, 15) is 0 Å². The van der Waals surface area contributed by atoms with Crippen LogP contribution in [0.15, 0.2) is 36.1 Å². The van der Waals surface area contributed by atoms with Gasteiger partial charge in [0.2, 0.25) is 0 Å². The molecule has 5 nitrogen and oxygen atoms in total. The van der Waals surface area contributed by atoms with E-state index in [0.29, 0.717) is 13.0 Å². The molecule has 6 heteroatoms. The highest BCUT2D eigenvalue weighted by Gasteiger charge is 2.29. The van der Waals surface area contributed by atoms with Crippen molar-refractivity contribution in [2.24, 2.45) is 11.5 Å². The molecule has 0 aromatic carbocycles. The van der Waals surface area contributed by atoms with E-state index in [-0.39, 0.29) is 27.2 Å². The van der Waals surface area contributed by atoms with Crippen LogP contribution in [0.5, 0.6) is 0 Å². The van der Waals surface area contributed by atoms with Crippen molar-refractivity contribution in [1.82, 2.24) is 10.2 Å². The lowest BCUT2D eigenvalue weighted by Gasteiger charge is -2.34. The van der Waals surface area contributed by atoms with Gasteiger partial charge < -0.3 is 27.1 Å². The Morgan fingerprint density at radius 3 is 2.08 bits per heavy atom. The van der Waals surface area contributed by atoms with E-state index >= 15 is 0 Å². The number of allylic oxidation sites excluding steroid dienone is 3. The Bertz CT molecular complexity index is 397. The van der Waals surface area contributed by atoms with Crippen molar-refractivity contribution in [3.05, 3.63) is 36.1 Å². The van der Waals surface area contributed by atoms with Crippen LogP contribution in [0.4, 0.5) is 4.70 Å². The third-order valence-electron chi connectivity index (χ3n) is 3.06. The SMILES string of the molecule is C.C.C=C/C(C)=C/C.CC.CN(C)CC(N)(C=N)CC1=CNC1N.F.[HH]. The molecule has 2 unspecified atom stereocenters. The summed E-state index contributed by atoms with van der Waals surface area (Å²) in [5.41, 5.74) is 13.5. The van der Waals surface area contributed by atoms with Crippen molar-refractivity contribution in [1.29, 1.82) is 5.41 Å². The number of likely N-dealkylation sites (N-methyl/N-ethyl adjacent to an activating group) is 1. The van der Waals surface area contributed by atoms with Crippen LogP contribution in [0.25, 0.3) is 0 Å². The first-order valence-electron chi connectivity index (χ1n) is 7.69. The van der Waals surface area contributed by atoms with Crippen molar-refractivity contribution >= 4 is 6.21 Å². The number of halogens is 1. The molecule has 25 heavy (non-hydrogen) atoms. The van der Waals surface area contributed by atoms with Crippen LogP contribution in [-0.2, 0) is 0 Å². The van der Waals surface area contributed by atoms with Crippen LogP contribution >= 0.6 is 0 Å². The standard InChI is InChI=1S/C9H19N5.C6H10.C2H6.2CH4.FH.H2/c1-14(2)6-9(12,5-10)3-7-4-13-8(7)11;1-4-6(3)5-2;1-2;;;;/h4-5,8,10,13H,3,6,11-12H2,1-2H3;4-5H,1H2,2-3H3;1-2H3;2*1H4;2*1H/b;6-5+;;;;;. The van der Waals surface area contributed by atoms with Crippen LogP contribution in [-0.4, -0.2) is 43.5 Å². The molecule has 0 fully saturated rings. The number of hydrogen-bond acceptors (Lipinski definition) is 5. The topological polar surface area (TPSA) is 91.2 Å². The van der Waals surface area contributed by atoms with E-state index in [2.05, 4.69) is 11.9 Å². The Labute approximate surface area is 157 Å². The van der Waals surface area contributed by atoms with Crippen LogP contribution < -0.4 is 16.8 Å².